The van der Waals surface area contributed by atoms with E-state index in [9.17, 15) is 9.59 Å². The maximum Gasteiger partial charge on any atom is 0.357 e. The highest BCUT2D eigenvalue weighted by molar-refractivity contribution is 7.99. The molecule has 27 heavy (non-hydrogen) atoms. The maximum absolute atomic E-state index is 12.1. The molecule has 0 spiro atoms. The fourth-order valence-electron chi connectivity index (χ4n) is 2.33. The number of aromatic nitrogens is 1. The van der Waals surface area contributed by atoms with Gasteiger partial charge in [-0.1, -0.05) is 35.9 Å². The van der Waals surface area contributed by atoms with Gasteiger partial charge in [-0.2, -0.15) is 0 Å². The van der Waals surface area contributed by atoms with Crippen LogP contribution in [0.5, 0.6) is 0 Å². The zero-order valence-electron chi connectivity index (χ0n) is 14.4. The van der Waals surface area contributed by atoms with Crippen LogP contribution in [-0.4, -0.2) is 35.8 Å². The Morgan fingerprint density at radius 3 is 2.63 bits per heavy atom. The summed E-state index contributed by atoms with van der Waals surface area (Å²) in [5.74, 6) is -0.264. The number of nitrogens with one attached hydrogen (secondary N) is 1. The van der Waals surface area contributed by atoms with Crippen molar-refractivity contribution in [3.63, 3.8) is 0 Å². The number of thioether (sulfide) groups is 1. The maximum atomic E-state index is 12.1. The van der Waals surface area contributed by atoms with Crippen molar-refractivity contribution in [2.45, 2.75) is 4.90 Å². The summed E-state index contributed by atoms with van der Waals surface area (Å²) in [6.45, 7) is 0.136. The largest absolute Gasteiger partial charge is 0.451 e. The van der Waals surface area contributed by atoms with Crippen molar-refractivity contribution in [3.05, 3.63) is 71.4 Å². The van der Waals surface area contributed by atoms with Crippen LogP contribution in [0.3, 0.4) is 0 Å². The molecule has 7 heteroatoms. The Balaban J connectivity index is 1.40. The van der Waals surface area contributed by atoms with Gasteiger partial charge in [0, 0.05) is 27.6 Å². The van der Waals surface area contributed by atoms with E-state index >= 15 is 0 Å². The average molecular weight is 401 g/mol. The van der Waals surface area contributed by atoms with E-state index in [1.165, 1.54) is 0 Å². The van der Waals surface area contributed by atoms with Gasteiger partial charge in [0.2, 0.25) is 0 Å². The first-order valence-corrected chi connectivity index (χ1v) is 9.66. The molecule has 0 fully saturated rings. The van der Waals surface area contributed by atoms with Crippen LogP contribution in [0.2, 0.25) is 5.02 Å². The SMILES string of the molecule is O=C(COC(=O)c1ccc2ccccc2n1)NCCSc1ccc(Cl)cc1. The van der Waals surface area contributed by atoms with Gasteiger partial charge in [0.1, 0.15) is 5.69 Å². The van der Waals surface area contributed by atoms with Crippen molar-refractivity contribution in [1.82, 2.24) is 10.3 Å². The summed E-state index contributed by atoms with van der Waals surface area (Å²) in [5.41, 5.74) is 0.885. The fraction of sp³-hybridized carbons (Fsp3) is 0.150. The predicted octanol–water partition coefficient (Wildman–Crippen LogP) is 3.95. The highest BCUT2D eigenvalue weighted by Gasteiger charge is 2.12. The number of hydrogen-bond acceptors (Lipinski definition) is 5. The third kappa shape index (κ3) is 5.70. The van der Waals surface area contributed by atoms with Crippen molar-refractivity contribution >= 4 is 46.1 Å². The number of fused-ring (bicyclic) bond motifs is 1. The second kappa shape index (κ2) is 9.39. The number of carbonyl (C=O) groups is 2. The quantitative estimate of drug-likeness (QED) is 0.369. The van der Waals surface area contributed by atoms with E-state index in [-0.39, 0.29) is 18.2 Å². The van der Waals surface area contributed by atoms with Crippen LogP contribution in [0.4, 0.5) is 0 Å². The number of nitrogens with zero attached hydrogens (tertiary/aromatic N) is 1. The van der Waals surface area contributed by atoms with Crippen LogP contribution in [-0.2, 0) is 9.53 Å². The molecular formula is C20H17ClN2O3S. The molecule has 0 saturated carbocycles. The summed E-state index contributed by atoms with van der Waals surface area (Å²) in [4.78, 5) is 29.2. The van der Waals surface area contributed by atoms with Gasteiger partial charge in [-0.3, -0.25) is 4.79 Å². The van der Waals surface area contributed by atoms with Crippen LogP contribution in [0.1, 0.15) is 10.5 Å². The molecule has 1 amide bonds. The average Bonchev–Trinajstić information content (AvgIpc) is 2.70. The summed E-state index contributed by atoms with van der Waals surface area (Å²) in [5, 5.41) is 4.34. The van der Waals surface area contributed by atoms with Crippen molar-refractivity contribution in [1.29, 1.82) is 0 Å². The lowest BCUT2D eigenvalue weighted by Gasteiger charge is -2.07. The molecule has 0 aliphatic carbocycles. The molecule has 5 nitrogen and oxygen atoms in total. The molecule has 0 aliphatic heterocycles. The van der Waals surface area contributed by atoms with Crippen molar-refractivity contribution < 1.29 is 14.3 Å². The Morgan fingerprint density at radius 2 is 1.81 bits per heavy atom. The summed E-state index contributed by atoms with van der Waals surface area (Å²) < 4.78 is 5.03. The zero-order valence-corrected chi connectivity index (χ0v) is 15.9. The van der Waals surface area contributed by atoms with Crippen LogP contribution in [0, 0.1) is 0 Å². The third-order valence-electron chi connectivity index (χ3n) is 3.65. The number of esters is 1. The lowest BCUT2D eigenvalue weighted by Crippen LogP contribution is -2.30. The molecule has 1 aromatic heterocycles. The first-order chi connectivity index (χ1) is 13.1. The standard InChI is InChI=1S/C20H17ClN2O3S/c21-15-6-8-16(9-7-15)27-12-11-22-19(24)13-26-20(25)18-10-5-14-3-1-2-4-17(14)23-18/h1-10H,11-13H2,(H,22,24). The number of benzene rings is 2. The fourth-order valence-corrected chi connectivity index (χ4v) is 3.22. The molecule has 138 valence electrons. The van der Waals surface area contributed by atoms with Gasteiger partial charge in [-0.15, -0.1) is 11.8 Å². The predicted molar refractivity (Wildman–Crippen MR) is 107 cm³/mol. The monoisotopic (exact) mass is 400 g/mol. The molecule has 1 heterocycles. The van der Waals surface area contributed by atoms with E-state index in [1.807, 2.05) is 48.5 Å². The second-order valence-electron chi connectivity index (χ2n) is 5.62. The topological polar surface area (TPSA) is 68.3 Å². The number of halogens is 1. The summed E-state index contributed by atoms with van der Waals surface area (Å²) in [6.07, 6.45) is 0. The van der Waals surface area contributed by atoms with E-state index in [4.69, 9.17) is 16.3 Å². The van der Waals surface area contributed by atoms with Crippen molar-refractivity contribution in [2.24, 2.45) is 0 Å². The number of hydrogen-bond donors (Lipinski definition) is 1. The van der Waals surface area contributed by atoms with Crippen LogP contribution < -0.4 is 5.32 Å². The second-order valence-corrected chi connectivity index (χ2v) is 7.22. The normalized spacial score (nSPS) is 10.6. The Hall–Kier alpha value is -2.57. The number of para-hydroxylation sites is 1. The van der Waals surface area contributed by atoms with E-state index < -0.39 is 5.97 Å². The molecule has 0 aliphatic rings. The Bertz CT molecular complexity index is 947. The van der Waals surface area contributed by atoms with Crippen LogP contribution >= 0.6 is 23.4 Å². The molecule has 3 aromatic rings. The summed E-state index contributed by atoms with van der Waals surface area (Å²) in [7, 11) is 0. The Labute approximate surface area is 166 Å². The van der Waals surface area contributed by atoms with Crippen molar-refractivity contribution in [3.8, 4) is 0 Å². The first kappa shape index (κ1) is 19.2. The third-order valence-corrected chi connectivity index (χ3v) is 4.91. The van der Waals surface area contributed by atoms with Crippen molar-refractivity contribution in [2.75, 3.05) is 18.9 Å². The lowest BCUT2D eigenvalue weighted by atomic mass is 10.2. The number of carbonyl (C=O) groups excluding carboxylic acids is 2. The summed E-state index contributed by atoms with van der Waals surface area (Å²) >= 11 is 7.44. The van der Waals surface area contributed by atoms with E-state index in [2.05, 4.69) is 10.3 Å². The Morgan fingerprint density at radius 1 is 1.04 bits per heavy atom. The minimum atomic E-state index is -0.619. The lowest BCUT2D eigenvalue weighted by molar-refractivity contribution is -0.124. The molecule has 0 unspecified atom stereocenters. The van der Waals surface area contributed by atoms with Gasteiger partial charge in [0.25, 0.3) is 5.91 Å². The van der Waals surface area contributed by atoms with Gasteiger partial charge >= 0.3 is 5.97 Å². The van der Waals surface area contributed by atoms with Gasteiger partial charge in [0.05, 0.1) is 5.52 Å². The molecule has 3 rings (SSSR count). The zero-order chi connectivity index (χ0) is 19.1. The molecule has 2 aromatic carbocycles. The molecule has 0 bridgehead atoms. The minimum absolute atomic E-state index is 0.180. The molecule has 0 atom stereocenters. The van der Waals surface area contributed by atoms with Gasteiger partial charge in [-0.25, -0.2) is 9.78 Å². The highest BCUT2D eigenvalue weighted by atomic mass is 35.5. The number of rotatable bonds is 7. The Kier molecular flexibility index (Phi) is 6.68. The molecule has 1 N–H and O–H groups in total. The van der Waals surface area contributed by atoms with Gasteiger partial charge in [-0.05, 0) is 36.4 Å². The van der Waals surface area contributed by atoms with E-state index in [0.29, 0.717) is 22.8 Å². The van der Waals surface area contributed by atoms with Gasteiger partial charge in [0.15, 0.2) is 6.61 Å². The van der Waals surface area contributed by atoms with Gasteiger partial charge < -0.3 is 10.1 Å². The highest BCUT2D eigenvalue weighted by Crippen LogP contribution is 2.19. The molecule has 0 saturated heterocycles. The number of amides is 1. The smallest absolute Gasteiger partial charge is 0.357 e. The van der Waals surface area contributed by atoms with Crippen LogP contribution in [0.25, 0.3) is 10.9 Å². The number of pyridine rings is 1. The molecular weight excluding hydrogens is 384 g/mol. The first-order valence-electron chi connectivity index (χ1n) is 8.30. The van der Waals surface area contributed by atoms with E-state index in [1.54, 1.807) is 23.9 Å². The van der Waals surface area contributed by atoms with E-state index in [0.717, 1.165) is 10.3 Å². The summed E-state index contributed by atoms with van der Waals surface area (Å²) in [6, 6.07) is 18.4. The minimum Gasteiger partial charge on any atom is -0.451 e. The van der Waals surface area contributed by atoms with Crippen LogP contribution in [0.15, 0.2) is 65.6 Å². The molecule has 0 radical (unpaired) electrons. The number of ether oxygens (including phenoxy) is 1.